The number of aromatic nitrogens is 2. The first kappa shape index (κ1) is 13.9. The van der Waals surface area contributed by atoms with E-state index < -0.39 is 0 Å². The van der Waals surface area contributed by atoms with Crippen molar-refractivity contribution >= 4 is 11.6 Å². The zero-order valence-corrected chi connectivity index (χ0v) is 12.0. The summed E-state index contributed by atoms with van der Waals surface area (Å²) >= 11 is 0. The molecule has 5 nitrogen and oxygen atoms in total. The topological polar surface area (TPSA) is 83.8 Å². The van der Waals surface area contributed by atoms with E-state index in [9.17, 15) is 4.79 Å². The molecule has 0 spiro atoms. The zero-order valence-electron chi connectivity index (χ0n) is 12.0. The van der Waals surface area contributed by atoms with Gasteiger partial charge in [0.25, 0.3) is 5.91 Å². The van der Waals surface area contributed by atoms with Crippen molar-refractivity contribution in [2.24, 2.45) is 11.8 Å². The van der Waals surface area contributed by atoms with Crippen LogP contribution in [-0.4, -0.2) is 22.1 Å². The van der Waals surface area contributed by atoms with E-state index in [1.165, 1.54) is 12.8 Å². The number of aromatic amines is 1. The molecule has 1 aliphatic rings. The molecule has 0 bridgehead atoms. The fourth-order valence-electron chi connectivity index (χ4n) is 3.09. The van der Waals surface area contributed by atoms with Crippen LogP contribution in [0.15, 0.2) is 0 Å². The molecule has 3 atom stereocenters. The average molecular weight is 264 g/mol. The van der Waals surface area contributed by atoms with Crippen molar-refractivity contribution in [3.8, 4) is 0 Å². The molecule has 4 N–H and O–H groups in total. The highest BCUT2D eigenvalue weighted by atomic mass is 16.2. The molecule has 0 radical (unpaired) electrons. The van der Waals surface area contributed by atoms with Crippen LogP contribution in [0.5, 0.6) is 0 Å². The van der Waals surface area contributed by atoms with Gasteiger partial charge in [0.15, 0.2) is 5.69 Å². The Labute approximate surface area is 114 Å². The molecule has 1 amide bonds. The molecule has 1 heterocycles. The number of anilines is 1. The van der Waals surface area contributed by atoms with Crippen molar-refractivity contribution in [2.45, 2.75) is 52.5 Å². The van der Waals surface area contributed by atoms with E-state index in [1.807, 2.05) is 6.92 Å². The van der Waals surface area contributed by atoms with Crippen LogP contribution in [-0.2, 0) is 6.42 Å². The molecule has 3 unspecified atom stereocenters. The first-order valence-electron chi connectivity index (χ1n) is 7.22. The second-order valence-electron chi connectivity index (χ2n) is 5.50. The Morgan fingerprint density at radius 2 is 2.21 bits per heavy atom. The minimum Gasteiger partial charge on any atom is -0.395 e. The number of H-pyrrole nitrogens is 1. The van der Waals surface area contributed by atoms with Crippen LogP contribution in [0, 0.1) is 11.8 Å². The van der Waals surface area contributed by atoms with Gasteiger partial charge in [-0.1, -0.05) is 27.2 Å². The summed E-state index contributed by atoms with van der Waals surface area (Å²) in [5, 5.41) is 9.94. The van der Waals surface area contributed by atoms with Crippen molar-refractivity contribution < 1.29 is 4.79 Å². The number of nitrogens with two attached hydrogens (primary N) is 1. The maximum absolute atomic E-state index is 12.2. The number of amides is 1. The van der Waals surface area contributed by atoms with Gasteiger partial charge in [0.05, 0.1) is 11.4 Å². The minimum absolute atomic E-state index is 0.151. The highest BCUT2D eigenvalue weighted by Gasteiger charge is 2.33. The van der Waals surface area contributed by atoms with E-state index >= 15 is 0 Å². The summed E-state index contributed by atoms with van der Waals surface area (Å²) < 4.78 is 0. The van der Waals surface area contributed by atoms with Gasteiger partial charge in [-0.2, -0.15) is 5.10 Å². The molecule has 1 saturated carbocycles. The third-order valence-electron chi connectivity index (χ3n) is 4.52. The van der Waals surface area contributed by atoms with Crippen LogP contribution < -0.4 is 11.1 Å². The molecule has 1 aromatic rings. The summed E-state index contributed by atoms with van der Waals surface area (Å²) in [7, 11) is 0. The normalized spacial score (nSPS) is 26.6. The molecule has 0 aromatic carbocycles. The number of carbonyl (C=O) groups excluding carboxylic acids is 1. The number of rotatable bonds is 4. The van der Waals surface area contributed by atoms with Crippen LogP contribution >= 0.6 is 0 Å². The minimum atomic E-state index is -0.151. The molecule has 19 heavy (non-hydrogen) atoms. The summed E-state index contributed by atoms with van der Waals surface area (Å²) in [5.74, 6) is 1.09. The van der Waals surface area contributed by atoms with Gasteiger partial charge in [-0.15, -0.1) is 0 Å². The number of carbonyl (C=O) groups is 1. The zero-order chi connectivity index (χ0) is 14.0. The number of aryl methyl sites for hydroxylation is 1. The van der Waals surface area contributed by atoms with Gasteiger partial charge in [0, 0.05) is 6.04 Å². The molecule has 0 saturated heterocycles. The lowest BCUT2D eigenvalue weighted by Gasteiger charge is -2.20. The molecule has 2 rings (SSSR count). The summed E-state index contributed by atoms with van der Waals surface area (Å²) in [6, 6.07) is 0.249. The van der Waals surface area contributed by atoms with Crippen molar-refractivity contribution in [2.75, 3.05) is 5.73 Å². The Bertz CT molecular complexity index is 454. The predicted molar refractivity (Wildman–Crippen MR) is 75.8 cm³/mol. The van der Waals surface area contributed by atoms with Gasteiger partial charge in [0.1, 0.15) is 0 Å². The molecule has 1 fully saturated rings. The maximum Gasteiger partial charge on any atom is 0.274 e. The molecule has 1 aliphatic carbocycles. The fraction of sp³-hybridized carbons (Fsp3) is 0.714. The fourth-order valence-corrected chi connectivity index (χ4v) is 3.09. The number of nitrogen functional groups attached to an aromatic ring is 1. The van der Waals surface area contributed by atoms with E-state index in [0.717, 1.165) is 18.5 Å². The van der Waals surface area contributed by atoms with Crippen molar-refractivity contribution in [1.82, 2.24) is 15.5 Å². The first-order valence-corrected chi connectivity index (χ1v) is 7.22. The average Bonchev–Trinajstić information content (AvgIpc) is 2.93. The van der Waals surface area contributed by atoms with Crippen LogP contribution in [0.1, 0.15) is 56.2 Å². The molecule has 0 aliphatic heterocycles. The van der Waals surface area contributed by atoms with Gasteiger partial charge >= 0.3 is 0 Å². The van der Waals surface area contributed by atoms with Crippen molar-refractivity contribution in [3.05, 3.63) is 11.4 Å². The number of nitrogens with zero attached hydrogens (tertiary/aromatic N) is 1. The Kier molecular flexibility index (Phi) is 4.12. The van der Waals surface area contributed by atoms with Gasteiger partial charge in [-0.05, 0) is 31.1 Å². The van der Waals surface area contributed by atoms with Gasteiger partial charge in [0.2, 0.25) is 0 Å². The lowest BCUT2D eigenvalue weighted by atomic mass is 9.93. The Morgan fingerprint density at radius 1 is 1.47 bits per heavy atom. The maximum atomic E-state index is 12.2. The van der Waals surface area contributed by atoms with Gasteiger partial charge in [-0.25, -0.2) is 0 Å². The van der Waals surface area contributed by atoms with Gasteiger partial charge in [-0.3, -0.25) is 9.89 Å². The van der Waals surface area contributed by atoms with Crippen molar-refractivity contribution in [1.29, 1.82) is 0 Å². The SMILES string of the molecule is CCc1[nH]nc(C(=O)NC2CCC(CC)C2C)c1N. The standard InChI is InChI=1S/C14H24N4O/c1-4-9-6-7-11(8(9)3)16-14(19)13-12(15)10(5-2)17-18-13/h8-9,11H,4-7,15H2,1-3H3,(H,16,19)(H,17,18). The predicted octanol–water partition coefficient (Wildman–Crippen LogP) is 2.11. The van der Waals surface area contributed by atoms with E-state index in [0.29, 0.717) is 23.2 Å². The monoisotopic (exact) mass is 264 g/mol. The Balaban J connectivity index is 2.03. The lowest BCUT2D eigenvalue weighted by Crippen LogP contribution is -2.38. The van der Waals surface area contributed by atoms with Crippen molar-refractivity contribution in [3.63, 3.8) is 0 Å². The summed E-state index contributed by atoms with van der Waals surface area (Å²) in [6.45, 7) is 6.42. The van der Waals surface area contributed by atoms with Crippen LogP contribution in [0.25, 0.3) is 0 Å². The highest BCUT2D eigenvalue weighted by Crippen LogP contribution is 2.34. The third-order valence-corrected chi connectivity index (χ3v) is 4.52. The first-order chi connectivity index (χ1) is 9.08. The third kappa shape index (κ3) is 2.60. The van der Waals surface area contributed by atoms with Crippen LogP contribution in [0.2, 0.25) is 0 Å². The second kappa shape index (κ2) is 5.63. The Morgan fingerprint density at radius 3 is 2.74 bits per heavy atom. The Hall–Kier alpha value is -1.52. The van der Waals surface area contributed by atoms with E-state index in [2.05, 4.69) is 29.4 Å². The molecule has 1 aromatic heterocycles. The van der Waals surface area contributed by atoms with E-state index in [-0.39, 0.29) is 11.9 Å². The quantitative estimate of drug-likeness (QED) is 0.778. The number of hydrogen-bond donors (Lipinski definition) is 3. The smallest absolute Gasteiger partial charge is 0.274 e. The molecular formula is C14H24N4O. The van der Waals surface area contributed by atoms with Crippen LogP contribution in [0.4, 0.5) is 5.69 Å². The van der Waals surface area contributed by atoms with Gasteiger partial charge < -0.3 is 11.1 Å². The molecular weight excluding hydrogens is 240 g/mol. The highest BCUT2D eigenvalue weighted by molar-refractivity contribution is 5.97. The summed E-state index contributed by atoms with van der Waals surface area (Å²) in [4.78, 5) is 12.2. The second-order valence-corrected chi connectivity index (χ2v) is 5.50. The lowest BCUT2D eigenvalue weighted by molar-refractivity contribution is 0.0922. The van der Waals surface area contributed by atoms with E-state index in [4.69, 9.17) is 5.73 Å². The molecule has 5 heteroatoms. The largest absolute Gasteiger partial charge is 0.395 e. The number of hydrogen-bond acceptors (Lipinski definition) is 3. The van der Waals surface area contributed by atoms with E-state index in [1.54, 1.807) is 0 Å². The van der Waals surface area contributed by atoms with Crippen LogP contribution in [0.3, 0.4) is 0 Å². The summed E-state index contributed by atoms with van der Waals surface area (Å²) in [5.41, 5.74) is 7.57. The molecule has 106 valence electrons. The number of nitrogens with one attached hydrogen (secondary N) is 2. The summed E-state index contributed by atoms with van der Waals surface area (Å²) in [6.07, 6.45) is 4.18.